The van der Waals surface area contributed by atoms with Crippen LogP contribution in [0.1, 0.15) is 39.5 Å². The highest BCUT2D eigenvalue weighted by atomic mass is 16.5. The lowest BCUT2D eigenvalue weighted by atomic mass is 10.0. The van der Waals surface area contributed by atoms with E-state index in [2.05, 4.69) is 4.74 Å². The van der Waals surface area contributed by atoms with Crippen LogP contribution >= 0.6 is 0 Å². The number of unbranched alkanes of at least 4 members (excludes halogenated alkanes) is 2. The van der Waals surface area contributed by atoms with Gasteiger partial charge in [-0.15, -0.1) is 0 Å². The fraction of sp³-hybridized carbons (Fsp3) is 0.750. The minimum Gasteiger partial charge on any atom is -0.481 e. The minimum absolute atomic E-state index is 0.176. The Kier molecular flexibility index (Phi) is 8.61. The number of esters is 2. The molecular weight excluding hydrogens is 240 g/mol. The second kappa shape index (κ2) is 9.44. The Hall–Kier alpha value is -1.59. The van der Waals surface area contributed by atoms with E-state index in [1.54, 1.807) is 6.92 Å². The van der Waals surface area contributed by atoms with Crippen molar-refractivity contribution < 1.29 is 29.0 Å². The summed E-state index contributed by atoms with van der Waals surface area (Å²) in [7, 11) is 0. The Bertz CT molecular complexity index is 286. The molecule has 0 aromatic heterocycles. The highest BCUT2D eigenvalue weighted by Gasteiger charge is 2.26. The third kappa shape index (κ3) is 7.65. The zero-order valence-corrected chi connectivity index (χ0v) is 10.8. The van der Waals surface area contributed by atoms with Crippen molar-refractivity contribution in [1.82, 2.24) is 0 Å². The number of rotatable bonds is 9. The molecule has 0 bridgehead atoms. The molecule has 1 unspecified atom stereocenters. The van der Waals surface area contributed by atoms with Gasteiger partial charge in [0, 0.05) is 6.92 Å². The standard InChI is InChI=1S/C12H20O6/c1-3-17-12(16)10(11(14)15)7-5-4-6-8-18-9(2)13/h10H,3-8H2,1-2H3,(H,14,15). The van der Waals surface area contributed by atoms with Crippen LogP contribution in [0.2, 0.25) is 0 Å². The number of carbonyl (C=O) groups is 3. The molecule has 0 aliphatic carbocycles. The van der Waals surface area contributed by atoms with Gasteiger partial charge in [0.1, 0.15) is 0 Å². The number of hydrogen-bond donors (Lipinski definition) is 1. The highest BCUT2D eigenvalue weighted by Crippen LogP contribution is 2.12. The van der Waals surface area contributed by atoms with Gasteiger partial charge in [-0.05, 0) is 19.8 Å². The Labute approximate surface area is 106 Å². The molecular formula is C12H20O6. The van der Waals surface area contributed by atoms with Crippen molar-refractivity contribution in [3.63, 3.8) is 0 Å². The van der Waals surface area contributed by atoms with Crippen LogP contribution in [-0.2, 0) is 23.9 Å². The summed E-state index contributed by atoms with van der Waals surface area (Å²) in [5.41, 5.74) is 0. The van der Waals surface area contributed by atoms with Crippen LogP contribution in [0.15, 0.2) is 0 Å². The van der Waals surface area contributed by atoms with Crippen LogP contribution < -0.4 is 0 Å². The van der Waals surface area contributed by atoms with Gasteiger partial charge in [-0.3, -0.25) is 14.4 Å². The highest BCUT2D eigenvalue weighted by molar-refractivity contribution is 5.93. The van der Waals surface area contributed by atoms with Crippen LogP contribution in [-0.4, -0.2) is 36.2 Å². The largest absolute Gasteiger partial charge is 0.481 e. The molecule has 104 valence electrons. The van der Waals surface area contributed by atoms with Crippen LogP contribution in [0.4, 0.5) is 0 Å². The maximum atomic E-state index is 11.3. The number of carboxylic acids is 1. The molecule has 0 aromatic carbocycles. The summed E-state index contributed by atoms with van der Waals surface area (Å²) in [6.07, 6.45) is 2.19. The molecule has 1 N–H and O–H groups in total. The molecule has 0 spiro atoms. The van der Waals surface area contributed by atoms with Crippen molar-refractivity contribution in [2.75, 3.05) is 13.2 Å². The monoisotopic (exact) mass is 260 g/mol. The van der Waals surface area contributed by atoms with Gasteiger partial charge in [0.15, 0.2) is 5.92 Å². The van der Waals surface area contributed by atoms with E-state index in [1.807, 2.05) is 0 Å². The van der Waals surface area contributed by atoms with Gasteiger partial charge in [-0.1, -0.05) is 12.8 Å². The van der Waals surface area contributed by atoms with Crippen LogP contribution in [0.5, 0.6) is 0 Å². The van der Waals surface area contributed by atoms with Gasteiger partial charge < -0.3 is 14.6 Å². The summed E-state index contributed by atoms with van der Waals surface area (Å²) >= 11 is 0. The SMILES string of the molecule is CCOC(=O)C(CCCCCOC(C)=O)C(=O)O. The van der Waals surface area contributed by atoms with Crippen molar-refractivity contribution in [2.24, 2.45) is 5.92 Å². The third-order valence-corrected chi connectivity index (χ3v) is 2.31. The smallest absolute Gasteiger partial charge is 0.320 e. The molecule has 0 aromatic rings. The number of hydrogen-bond acceptors (Lipinski definition) is 5. The van der Waals surface area contributed by atoms with Crippen molar-refractivity contribution in [3.05, 3.63) is 0 Å². The van der Waals surface area contributed by atoms with Crippen LogP contribution in [0.25, 0.3) is 0 Å². The molecule has 0 saturated carbocycles. The summed E-state index contributed by atoms with van der Waals surface area (Å²) < 4.78 is 9.42. The maximum Gasteiger partial charge on any atom is 0.320 e. The summed E-state index contributed by atoms with van der Waals surface area (Å²) in [5, 5.41) is 8.88. The number of carboxylic acid groups (broad SMARTS) is 1. The lowest BCUT2D eigenvalue weighted by molar-refractivity contribution is -0.158. The van der Waals surface area contributed by atoms with Gasteiger partial charge in [0.2, 0.25) is 0 Å². The molecule has 0 aliphatic heterocycles. The minimum atomic E-state index is -1.16. The van der Waals surface area contributed by atoms with Gasteiger partial charge in [0.25, 0.3) is 0 Å². The summed E-state index contributed by atoms with van der Waals surface area (Å²) in [6.45, 7) is 3.47. The van der Waals surface area contributed by atoms with E-state index in [4.69, 9.17) is 9.84 Å². The molecule has 0 aliphatic rings. The predicted molar refractivity (Wildman–Crippen MR) is 62.9 cm³/mol. The summed E-state index contributed by atoms with van der Waals surface area (Å²) in [5.74, 6) is -3.28. The molecule has 0 radical (unpaired) electrons. The van der Waals surface area contributed by atoms with E-state index in [1.165, 1.54) is 6.92 Å². The van der Waals surface area contributed by atoms with E-state index < -0.39 is 17.9 Å². The first kappa shape index (κ1) is 16.4. The summed E-state index contributed by atoms with van der Waals surface area (Å²) in [4.78, 5) is 32.7. The number of carbonyl (C=O) groups excluding carboxylic acids is 2. The van der Waals surface area contributed by atoms with Crippen molar-refractivity contribution >= 4 is 17.9 Å². The fourth-order valence-corrected chi connectivity index (χ4v) is 1.43. The lowest BCUT2D eigenvalue weighted by Crippen LogP contribution is -2.25. The normalized spacial score (nSPS) is 11.7. The van der Waals surface area contributed by atoms with E-state index in [0.717, 1.165) is 0 Å². The van der Waals surface area contributed by atoms with E-state index >= 15 is 0 Å². The van der Waals surface area contributed by atoms with Crippen molar-refractivity contribution in [2.45, 2.75) is 39.5 Å². The Balaban J connectivity index is 3.81. The van der Waals surface area contributed by atoms with E-state index in [0.29, 0.717) is 25.9 Å². The second-order valence-electron chi connectivity index (χ2n) is 3.83. The molecule has 6 heteroatoms. The van der Waals surface area contributed by atoms with E-state index in [9.17, 15) is 14.4 Å². The first-order valence-corrected chi connectivity index (χ1v) is 6.01. The van der Waals surface area contributed by atoms with Crippen molar-refractivity contribution in [1.29, 1.82) is 0 Å². The average molecular weight is 260 g/mol. The predicted octanol–water partition coefficient (Wildman–Crippen LogP) is 1.37. The number of ether oxygens (including phenoxy) is 2. The van der Waals surface area contributed by atoms with Crippen LogP contribution in [0.3, 0.4) is 0 Å². The van der Waals surface area contributed by atoms with Crippen LogP contribution in [0, 0.1) is 5.92 Å². The van der Waals surface area contributed by atoms with Gasteiger partial charge in [0.05, 0.1) is 13.2 Å². The molecule has 0 saturated heterocycles. The van der Waals surface area contributed by atoms with Crippen molar-refractivity contribution in [3.8, 4) is 0 Å². The fourth-order valence-electron chi connectivity index (χ4n) is 1.43. The topological polar surface area (TPSA) is 89.9 Å². The first-order chi connectivity index (χ1) is 8.49. The second-order valence-corrected chi connectivity index (χ2v) is 3.83. The zero-order valence-electron chi connectivity index (χ0n) is 10.8. The molecule has 0 fully saturated rings. The molecule has 0 amide bonds. The van der Waals surface area contributed by atoms with Gasteiger partial charge in [-0.2, -0.15) is 0 Å². The average Bonchev–Trinajstić information content (AvgIpc) is 2.27. The maximum absolute atomic E-state index is 11.3. The Morgan fingerprint density at radius 2 is 1.78 bits per heavy atom. The third-order valence-electron chi connectivity index (χ3n) is 2.31. The molecule has 6 nitrogen and oxygen atoms in total. The quantitative estimate of drug-likeness (QED) is 0.382. The zero-order chi connectivity index (χ0) is 14.0. The van der Waals surface area contributed by atoms with Gasteiger partial charge in [-0.25, -0.2) is 0 Å². The molecule has 0 rings (SSSR count). The first-order valence-electron chi connectivity index (χ1n) is 6.01. The Morgan fingerprint density at radius 3 is 2.28 bits per heavy atom. The van der Waals surface area contributed by atoms with Gasteiger partial charge >= 0.3 is 17.9 Å². The van der Waals surface area contributed by atoms with E-state index in [-0.39, 0.29) is 19.0 Å². The molecule has 18 heavy (non-hydrogen) atoms. The number of aliphatic carboxylic acids is 1. The summed E-state index contributed by atoms with van der Waals surface area (Å²) in [6, 6.07) is 0. The molecule has 1 atom stereocenters. The molecule has 0 heterocycles. The lowest BCUT2D eigenvalue weighted by Gasteiger charge is -2.10. The Morgan fingerprint density at radius 1 is 1.11 bits per heavy atom.